The fourth-order valence-corrected chi connectivity index (χ4v) is 4.60. The molecular formula is C28H20F6O. The van der Waals surface area contributed by atoms with E-state index in [4.69, 9.17) is 4.74 Å². The first kappa shape index (κ1) is 23.3. The van der Waals surface area contributed by atoms with Crippen molar-refractivity contribution in [2.45, 2.75) is 33.1 Å². The van der Waals surface area contributed by atoms with Crippen LogP contribution in [0.4, 0.5) is 26.3 Å². The lowest BCUT2D eigenvalue weighted by Gasteiger charge is -2.27. The maximum atomic E-state index is 15.5. The molecule has 0 heterocycles. The zero-order chi connectivity index (χ0) is 25.0. The fourth-order valence-electron chi connectivity index (χ4n) is 4.60. The van der Waals surface area contributed by atoms with Gasteiger partial charge in [-0.3, -0.25) is 0 Å². The number of ether oxygens (including phenoxy) is 1. The third-order valence-corrected chi connectivity index (χ3v) is 6.46. The number of hydrogen-bond donors (Lipinski definition) is 0. The Morgan fingerprint density at radius 3 is 2.03 bits per heavy atom. The molecule has 0 spiro atoms. The van der Waals surface area contributed by atoms with Gasteiger partial charge < -0.3 is 4.74 Å². The molecule has 4 aromatic rings. The van der Waals surface area contributed by atoms with Gasteiger partial charge in [0.15, 0.2) is 23.2 Å². The molecular weight excluding hydrogens is 466 g/mol. The van der Waals surface area contributed by atoms with Crippen LogP contribution < -0.4 is 4.74 Å². The molecule has 0 amide bonds. The van der Waals surface area contributed by atoms with Crippen molar-refractivity contribution in [3.05, 3.63) is 76.9 Å². The Morgan fingerprint density at radius 1 is 0.629 bits per heavy atom. The highest BCUT2D eigenvalue weighted by Crippen LogP contribution is 2.53. The van der Waals surface area contributed by atoms with E-state index < -0.39 is 40.3 Å². The van der Waals surface area contributed by atoms with Crippen molar-refractivity contribution in [2.75, 3.05) is 6.61 Å². The predicted octanol–water partition coefficient (Wildman–Crippen LogP) is 8.87. The number of fused-ring (bicyclic) bond motifs is 5. The molecule has 1 aliphatic rings. The molecule has 0 N–H and O–H groups in total. The van der Waals surface area contributed by atoms with Gasteiger partial charge >= 0.3 is 0 Å². The highest BCUT2D eigenvalue weighted by molar-refractivity contribution is 6.05. The summed E-state index contributed by atoms with van der Waals surface area (Å²) in [7, 11) is 0. The van der Waals surface area contributed by atoms with Crippen molar-refractivity contribution in [1.82, 2.24) is 0 Å². The standard InChI is InChI=1S/C28H20F6O/c1-3-4-5-10-35-19-12-14-6-7-16(24(30)20(14)27(33)26(19)32)17-9-8-15-18-11-13(2)23(29)28(34)22(18)21(15)25(17)31/h6-9,11-12H,3-5,10H2,1-2H3. The van der Waals surface area contributed by atoms with Gasteiger partial charge in [0.05, 0.1) is 12.0 Å². The van der Waals surface area contributed by atoms with Crippen LogP contribution in [0.5, 0.6) is 5.75 Å². The van der Waals surface area contributed by atoms with Gasteiger partial charge in [-0.1, -0.05) is 44.0 Å². The van der Waals surface area contributed by atoms with Gasteiger partial charge in [-0.25, -0.2) is 22.0 Å². The van der Waals surface area contributed by atoms with Crippen molar-refractivity contribution < 1.29 is 31.1 Å². The highest BCUT2D eigenvalue weighted by atomic mass is 19.2. The molecule has 35 heavy (non-hydrogen) atoms. The lowest BCUT2D eigenvalue weighted by atomic mass is 9.77. The second kappa shape index (κ2) is 8.63. The second-order valence-electron chi connectivity index (χ2n) is 8.68. The van der Waals surface area contributed by atoms with Crippen LogP contribution in [0.25, 0.3) is 44.2 Å². The van der Waals surface area contributed by atoms with E-state index in [0.29, 0.717) is 17.5 Å². The van der Waals surface area contributed by atoms with E-state index in [1.807, 2.05) is 6.92 Å². The molecule has 180 valence electrons. The zero-order valence-corrected chi connectivity index (χ0v) is 19.0. The Bertz CT molecular complexity index is 1510. The monoisotopic (exact) mass is 486 g/mol. The quantitative estimate of drug-likeness (QED) is 0.172. The summed E-state index contributed by atoms with van der Waals surface area (Å²) in [5, 5.41) is -0.592. The predicted molar refractivity (Wildman–Crippen MR) is 123 cm³/mol. The van der Waals surface area contributed by atoms with E-state index in [1.54, 1.807) is 0 Å². The summed E-state index contributed by atoms with van der Waals surface area (Å²) < 4.78 is 94.4. The molecule has 1 nitrogen and oxygen atoms in total. The Morgan fingerprint density at radius 2 is 1.29 bits per heavy atom. The van der Waals surface area contributed by atoms with Crippen LogP contribution in [-0.2, 0) is 0 Å². The highest BCUT2D eigenvalue weighted by Gasteiger charge is 2.34. The zero-order valence-electron chi connectivity index (χ0n) is 19.0. The summed E-state index contributed by atoms with van der Waals surface area (Å²) in [6, 6.07) is 7.97. The van der Waals surface area contributed by atoms with Gasteiger partial charge in [-0.15, -0.1) is 0 Å². The second-order valence-corrected chi connectivity index (χ2v) is 8.68. The molecule has 0 unspecified atom stereocenters. The van der Waals surface area contributed by atoms with E-state index in [-0.39, 0.29) is 45.6 Å². The summed E-state index contributed by atoms with van der Waals surface area (Å²) in [5.41, 5.74) is -0.167. The van der Waals surface area contributed by atoms with Gasteiger partial charge in [-0.05, 0) is 47.6 Å². The van der Waals surface area contributed by atoms with Crippen molar-refractivity contribution in [2.24, 2.45) is 0 Å². The molecule has 0 aliphatic heterocycles. The Hall–Kier alpha value is -3.48. The Labute approximate surface area is 198 Å². The Kier molecular flexibility index (Phi) is 5.74. The largest absolute Gasteiger partial charge is 0.490 e. The first-order valence-corrected chi connectivity index (χ1v) is 11.3. The molecule has 4 aromatic carbocycles. The molecule has 5 rings (SSSR count). The number of hydrogen-bond acceptors (Lipinski definition) is 1. The van der Waals surface area contributed by atoms with Gasteiger partial charge in [0.25, 0.3) is 0 Å². The number of unbranched alkanes of at least 4 members (excludes halogenated alkanes) is 2. The van der Waals surface area contributed by atoms with E-state index in [1.165, 1.54) is 43.3 Å². The molecule has 1 aliphatic carbocycles. The molecule has 0 fully saturated rings. The summed E-state index contributed by atoms with van der Waals surface area (Å²) in [6.45, 7) is 3.59. The van der Waals surface area contributed by atoms with E-state index in [2.05, 4.69) is 0 Å². The minimum absolute atomic E-state index is 0.0499. The first-order chi connectivity index (χ1) is 16.8. The minimum Gasteiger partial charge on any atom is -0.490 e. The number of benzene rings is 4. The number of aryl methyl sites for hydroxylation is 1. The van der Waals surface area contributed by atoms with Crippen LogP contribution in [-0.4, -0.2) is 6.61 Å². The maximum absolute atomic E-state index is 15.5. The van der Waals surface area contributed by atoms with Crippen LogP contribution in [0.3, 0.4) is 0 Å². The molecule has 7 heteroatoms. The molecule has 0 aromatic heterocycles. The fraction of sp³-hybridized carbons (Fsp3) is 0.214. The van der Waals surface area contributed by atoms with Gasteiger partial charge in [-0.2, -0.15) is 4.39 Å². The average molecular weight is 486 g/mol. The lowest BCUT2D eigenvalue weighted by molar-refractivity contribution is 0.287. The van der Waals surface area contributed by atoms with Crippen LogP contribution in [0.2, 0.25) is 0 Å². The molecule has 0 bridgehead atoms. The third-order valence-electron chi connectivity index (χ3n) is 6.46. The smallest absolute Gasteiger partial charge is 0.201 e. The topological polar surface area (TPSA) is 9.23 Å². The molecule has 0 saturated carbocycles. The van der Waals surface area contributed by atoms with Crippen LogP contribution >= 0.6 is 0 Å². The van der Waals surface area contributed by atoms with E-state index in [0.717, 1.165) is 12.8 Å². The van der Waals surface area contributed by atoms with Crippen molar-refractivity contribution in [3.63, 3.8) is 0 Å². The van der Waals surface area contributed by atoms with Crippen LogP contribution in [0.15, 0.2) is 36.4 Å². The molecule has 0 radical (unpaired) electrons. The summed E-state index contributed by atoms with van der Waals surface area (Å²) >= 11 is 0. The Balaban J connectivity index is 1.60. The van der Waals surface area contributed by atoms with E-state index >= 15 is 8.78 Å². The first-order valence-electron chi connectivity index (χ1n) is 11.3. The third kappa shape index (κ3) is 3.48. The maximum Gasteiger partial charge on any atom is 0.201 e. The normalized spacial score (nSPS) is 11.9. The van der Waals surface area contributed by atoms with Crippen molar-refractivity contribution in [1.29, 1.82) is 0 Å². The minimum atomic E-state index is -1.44. The van der Waals surface area contributed by atoms with Crippen molar-refractivity contribution >= 4 is 10.8 Å². The van der Waals surface area contributed by atoms with Gasteiger partial charge in [0.1, 0.15) is 11.6 Å². The lowest BCUT2D eigenvalue weighted by Crippen LogP contribution is -2.09. The molecule has 0 saturated heterocycles. The number of halogens is 6. The summed E-state index contributed by atoms with van der Waals surface area (Å²) in [4.78, 5) is 0. The van der Waals surface area contributed by atoms with Crippen LogP contribution in [0, 0.1) is 41.8 Å². The summed E-state index contributed by atoms with van der Waals surface area (Å²) in [6.07, 6.45) is 2.45. The number of rotatable bonds is 6. The molecule has 0 atom stereocenters. The van der Waals surface area contributed by atoms with Gasteiger partial charge in [0.2, 0.25) is 5.82 Å². The average Bonchev–Trinajstić information content (AvgIpc) is 2.83. The summed E-state index contributed by atoms with van der Waals surface area (Å²) in [5.74, 6) is -7.48. The van der Waals surface area contributed by atoms with Gasteiger partial charge in [0, 0.05) is 22.3 Å². The van der Waals surface area contributed by atoms with E-state index in [9.17, 15) is 17.6 Å². The van der Waals surface area contributed by atoms with Crippen LogP contribution in [0.1, 0.15) is 31.7 Å². The van der Waals surface area contributed by atoms with Crippen molar-refractivity contribution in [3.8, 4) is 39.1 Å². The SMILES string of the molecule is CCCCCOc1cc2ccc(-c3ccc4c(c3F)-c3c-4cc(C)c(F)c3F)c(F)c2c(F)c1F.